The zero-order chi connectivity index (χ0) is 13.7. The molecule has 0 bridgehead atoms. The van der Waals surface area contributed by atoms with Gasteiger partial charge in [-0.1, -0.05) is 12.1 Å². The Bertz CT molecular complexity index is 593. The summed E-state index contributed by atoms with van der Waals surface area (Å²) >= 11 is 2.28. The molecule has 0 aliphatic heterocycles. The van der Waals surface area contributed by atoms with Crippen LogP contribution in [0.1, 0.15) is 18.1 Å². The highest BCUT2D eigenvalue weighted by Crippen LogP contribution is 2.22. The third-order valence-electron chi connectivity index (χ3n) is 2.62. The summed E-state index contributed by atoms with van der Waals surface area (Å²) in [5, 5.41) is 0. The van der Waals surface area contributed by atoms with E-state index in [0.717, 1.165) is 20.6 Å². The monoisotopic (exact) mass is 365 g/mol. The summed E-state index contributed by atoms with van der Waals surface area (Å²) in [5.41, 5.74) is 3.27. The predicted molar refractivity (Wildman–Crippen MR) is 88.8 cm³/mol. The normalized spacial score (nSPS) is 10.9. The first-order valence-electron chi connectivity index (χ1n) is 6.22. The number of halogens is 1. The van der Waals surface area contributed by atoms with Gasteiger partial charge in [0.05, 0.1) is 15.9 Å². The molecule has 0 spiro atoms. The van der Waals surface area contributed by atoms with Crippen molar-refractivity contribution in [2.75, 3.05) is 6.61 Å². The summed E-state index contributed by atoms with van der Waals surface area (Å²) in [7, 11) is 0. The minimum Gasteiger partial charge on any atom is -0.493 e. The number of aryl methyl sites for hydroxylation is 1. The van der Waals surface area contributed by atoms with E-state index in [1.54, 1.807) is 0 Å². The average Bonchev–Trinajstić information content (AvgIpc) is 2.39. The van der Waals surface area contributed by atoms with E-state index in [-0.39, 0.29) is 0 Å². The maximum Gasteiger partial charge on any atom is 0.132 e. The first-order chi connectivity index (χ1) is 9.19. The van der Waals surface area contributed by atoms with Gasteiger partial charge in [-0.3, -0.25) is 4.99 Å². The maximum atomic E-state index is 5.52. The van der Waals surface area contributed by atoms with Gasteiger partial charge in [0.1, 0.15) is 5.75 Å². The Labute approximate surface area is 127 Å². The molecule has 2 aromatic rings. The summed E-state index contributed by atoms with van der Waals surface area (Å²) in [6.07, 6.45) is 1.88. The van der Waals surface area contributed by atoms with Gasteiger partial charge in [0.15, 0.2) is 0 Å². The summed E-state index contributed by atoms with van der Waals surface area (Å²) in [6.45, 7) is 4.74. The highest BCUT2D eigenvalue weighted by molar-refractivity contribution is 14.1. The van der Waals surface area contributed by atoms with Crippen molar-refractivity contribution in [3.63, 3.8) is 0 Å². The molecule has 0 N–H and O–H groups in total. The number of benzene rings is 2. The van der Waals surface area contributed by atoms with Crippen LogP contribution in [0.4, 0.5) is 5.69 Å². The fourth-order valence-corrected chi connectivity index (χ4v) is 2.42. The molecule has 19 heavy (non-hydrogen) atoms. The molecule has 98 valence electrons. The summed E-state index contributed by atoms with van der Waals surface area (Å²) < 4.78 is 6.62. The number of rotatable bonds is 4. The number of aliphatic imine (C=N–C) groups is 1. The molecule has 0 fully saturated rings. The second kappa shape index (κ2) is 6.70. The minimum atomic E-state index is 0.687. The first kappa shape index (κ1) is 14.1. The van der Waals surface area contributed by atoms with Gasteiger partial charge in [0, 0.05) is 6.21 Å². The van der Waals surface area contributed by atoms with Crippen LogP contribution >= 0.6 is 22.6 Å². The van der Waals surface area contributed by atoms with Crippen LogP contribution in [0.3, 0.4) is 0 Å². The van der Waals surface area contributed by atoms with Crippen LogP contribution in [0.15, 0.2) is 47.5 Å². The molecular formula is C16H16INO. The highest BCUT2D eigenvalue weighted by atomic mass is 127. The Morgan fingerprint density at radius 3 is 2.74 bits per heavy atom. The fraction of sp³-hybridized carbons (Fsp3) is 0.188. The topological polar surface area (TPSA) is 21.6 Å². The van der Waals surface area contributed by atoms with Crippen LogP contribution in [0, 0.1) is 10.5 Å². The Balaban J connectivity index is 2.17. The molecule has 0 unspecified atom stereocenters. The molecule has 2 aromatic carbocycles. The van der Waals surface area contributed by atoms with Gasteiger partial charge in [-0.15, -0.1) is 0 Å². The molecule has 0 saturated carbocycles. The Morgan fingerprint density at radius 2 is 2.05 bits per heavy atom. The Morgan fingerprint density at radius 1 is 1.21 bits per heavy atom. The number of hydrogen-bond acceptors (Lipinski definition) is 2. The van der Waals surface area contributed by atoms with Gasteiger partial charge in [-0.25, -0.2) is 0 Å². The van der Waals surface area contributed by atoms with Crippen LogP contribution in [0.25, 0.3) is 0 Å². The molecule has 0 aliphatic rings. The standard InChI is InChI=1S/C16H16INO/c1-3-19-16-8-7-13(10-15(16)17)11-18-14-6-4-5-12(2)9-14/h4-11H,3H2,1-2H3. The van der Waals surface area contributed by atoms with Crippen LogP contribution in [0.5, 0.6) is 5.75 Å². The third kappa shape index (κ3) is 4.06. The fourth-order valence-electron chi connectivity index (χ4n) is 1.73. The quantitative estimate of drug-likeness (QED) is 0.566. The van der Waals surface area contributed by atoms with Crippen LogP contribution in [-0.4, -0.2) is 12.8 Å². The smallest absolute Gasteiger partial charge is 0.132 e. The molecule has 3 heteroatoms. The lowest BCUT2D eigenvalue weighted by atomic mass is 10.2. The van der Waals surface area contributed by atoms with Crippen molar-refractivity contribution in [3.05, 3.63) is 57.2 Å². The Kier molecular flexibility index (Phi) is 4.96. The van der Waals surface area contributed by atoms with E-state index >= 15 is 0 Å². The molecule has 2 nitrogen and oxygen atoms in total. The highest BCUT2D eigenvalue weighted by Gasteiger charge is 2.00. The summed E-state index contributed by atoms with van der Waals surface area (Å²) in [5.74, 6) is 0.927. The van der Waals surface area contributed by atoms with Crippen LogP contribution in [-0.2, 0) is 0 Å². The number of nitrogens with zero attached hydrogens (tertiary/aromatic N) is 1. The van der Waals surface area contributed by atoms with Gasteiger partial charge in [-0.05, 0) is 77.9 Å². The first-order valence-corrected chi connectivity index (χ1v) is 7.30. The van der Waals surface area contributed by atoms with E-state index in [1.165, 1.54) is 5.56 Å². The summed E-state index contributed by atoms with van der Waals surface area (Å²) in [6, 6.07) is 14.2. The number of hydrogen-bond donors (Lipinski definition) is 0. The molecule has 0 aliphatic carbocycles. The van der Waals surface area contributed by atoms with Crippen molar-refractivity contribution in [2.45, 2.75) is 13.8 Å². The molecule has 0 saturated heterocycles. The molecule has 0 amide bonds. The third-order valence-corrected chi connectivity index (χ3v) is 3.46. The van der Waals surface area contributed by atoms with E-state index < -0.39 is 0 Å². The molecule has 0 atom stereocenters. The zero-order valence-electron chi connectivity index (χ0n) is 11.1. The zero-order valence-corrected chi connectivity index (χ0v) is 13.2. The van der Waals surface area contributed by atoms with Crippen molar-refractivity contribution < 1.29 is 4.74 Å². The minimum absolute atomic E-state index is 0.687. The van der Waals surface area contributed by atoms with Crippen LogP contribution in [0.2, 0.25) is 0 Å². The Hall–Kier alpha value is -1.36. The van der Waals surface area contributed by atoms with Crippen molar-refractivity contribution in [2.24, 2.45) is 4.99 Å². The predicted octanol–water partition coefficient (Wildman–Crippen LogP) is 4.75. The van der Waals surface area contributed by atoms with Gasteiger partial charge in [0.2, 0.25) is 0 Å². The molecule has 0 aromatic heterocycles. The second-order valence-electron chi connectivity index (χ2n) is 4.22. The van der Waals surface area contributed by atoms with Crippen molar-refractivity contribution >= 4 is 34.5 Å². The molecule has 2 rings (SSSR count). The van der Waals surface area contributed by atoms with Crippen molar-refractivity contribution in [3.8, 4) is 5.75 Å². The SMILES string of the molecule is CCOc1ccc(C=Nc2cccc(C)c2)cc1I. The van der Waals surface area contributed by atoms with Crippen LogP contribution < -0.4 is 4.74 Å². The molecular weight excluding hydrogens is 349 g/mol. The maximum absolute atomic E-state index is 5.52. The van der Waals surface area contributed by atoms with E-state index in [1.807, 2.05) is 37.4 Å². The summed E-state index contributed by atoms with van der Waals surface area (Å²) in [4.78, 5) is 4.48. The average molecular weight is 365 g/mol. The van der Waals surface area contributed by atoms with Crippen molar-refractivity contribution in [1.82, 2.24) is 0 Å². The van der Waals surface area contributed by atoms with E-state index in [2.05, 4.69) is 52.7 Å². The number of ether oxygens (including phenoxy) is 1. The molecule has 0 radical (unpaired) electrons. The molecule has 0 heterocycles. The lowest BCUT2D eigenvalue weighted by Crippen LogP contribution is -1.94. The van der Waals surface area contributed by atoms with Crippen molar-refractivity contribution in [1.29, 1.82) is 0 Å². The lowest BCUT2D eigenvalue weighted by Gasteiger charge is -2.05. The van der Waals surface area contributed by atoms with Gasteiger partial charge < -0.3 is 4.74 Å². The van der Waals surface area contributed by atoms with Gasteiger partial charge >= 0.3 is 0 Å². The van der Waals surface area contributed by atoms with E-state index in [9.17, 15) is 0 Å². The lowest BCUT2D eigenvalue weighted by molar-refractivity contribution is 0.338. The van der Waals surface area contributed by atoms with Gasteiger partial charge in [-0.2, -0.15) is 0 Å². The second-order valence-corrected chi connectivity index (χ2v) is 5.38. The van der Waals surface area contributed by atoms with E-state index in [0.29, 0.717) is 6.61 Å². The largest absolute Gasteiger partial charge is 0.493 e. The van der Waals surface area contributed by atoms with E-state index in [4.69, 9.17) is 4.74 Å². The van der Waals surface area contributed by atoms with Gasteiger partial charge in [0.25, 0.3) is 0 Å².